The number of ether oxygens (including phenoxy) is 1. The number of rotatable bonds is 4. The van der Waals surface area contributed by atoms with Crippen LogP contribution in [0.3, 0.4) is 0 Å². The van der Waals surface area contributed by atoms with E-state index in [0.29, 0.717) is 18.8 Å². The van der Waals surface area contributed by atoms with Gasteiger partial charge in [0.25, 0.3) is 5.91 Å². The number of nitrogens with zero attached hydrogens (tertiary/aromatic N) is 3. The third-order valence-corrected chi connectivity index (χ3v) is 3.39. The number of aromatic nitrogens is 1. The molecule has 0 spiro atoms. The highest BCUT2D eigenvalue weighted by atomic mass is 16.5. The molecule has 0 atom stereocenters. The molecule has 1 aliphatic rings. The van der Waals surface area contributed by atoms with Crippen molar-refractivity contribution in [3.8, 4) is 0 Å². The first-order valence-electron chi connectivity index (χ1n) is 6.84. The number of morpholine rings is 1. The van der Waals surface area contributed by atoms with Gasteiger partial charge in [-0.1, -0.05) is 0 Å². The molecule has 0 bridgehead atoms. The summed E-state index contributed by atoms with van der Waals surface area (Å²) < 4.78 is 5.34. The van der Waals surface area contributed by atoms with Crippen LogP contribution >= 0.6 is 0 Å². The molecule has 0 aliphatic carbocycles. The number of hydrogen-bond donors (Lipinski definition) is 0. The van der Waals surface area contributed by atoms with Gasteiger partial charge in [0.15, 0.2) is 0 Å². The fraction of sp³-hybridized carbons (Fsp3) is 0.571. The van der Waals surface area contributed by atoms with E-state index in [1.54, 1.807) is 11.1 Å². The Hall–Kier alpha value is -1.62. The zero-order valence-electron chi connectivity index (χ0n) is 11.6. The van der Waals surface area contributed by atoms with E-state index in [-0.39, 0.29) is 5.91 Å². The Labute approximate surface area is 114 Å². The second-order valence-electron chi connectivity index (χ2n) is 4.48. The van der Waals surface area contributed by atoms with Crippen molar-refractivity contribution in [2.75, 3.05) is 44.3 Å². The van der Waals surface area contributed by atoms with Gasteiger partial charge < -0.3 is 14.5 Å². The normalized spacial score (nSPS) is 15.4. The van der Waals surface area contributed by atoms with Crippen LogP contribution in [0.1, 0.15) is 24.3 Å². The van der Waals surface area contributed by atoms with Crippen molar-refractivity contribution in [1.82, 2.24) is 9.88 Å². The third kappa shape index (κ3) is 3.23. The molecule has 0 radical (unpaired) electrons. The van der Waals surface area contributed by atoms with E-state index in [2.05, 4.69) is 9.88 Å². The Morgan fingerprint density at radius 2 is 2.05 bits per heavy atom. The Bertz CT molecular complexity index is 426. The minimum Gasteiger partial charge on any atom is -0.378 e. The monoisotopic (exact) mass is 263 g/mol. The lowest BCUT2D eigenvalue weighted by molar-refractivity contribution is 0.0767. The summed E-state index contributed by atoms with van der Waals surface area (Å²) in [5, 5.41) is 0. The quantitative estimate of drug-likeness (QED) is 0.824. The van der Waals surface area contributed by atoms with Crippen LogP contribution in [-0.4, -0.2) is 55.2 Å². The van der Waals surface area contributed by atoms with Crippen LogP contribution in [-0.2, 0) is 4.74 Å². The molecular weight excluding hydrogens is 242 g/mol. The summed E-state index contributed by atoms with van der Waals surface area (Å²) in [6.07, 6.45) is 1.71. The van der Waals surface area contributed by atoms with Gasteiger partial charge in [0.2, 0.25) is 0 Å². The van der Waals surface area contributed by atoms with Crippen molar-refractivity contribution in [3.05, 3.63) is 24.0 Å². The summed E-state index contributed by atoms with van der Waals surface area (Å²) in [4.78, 5) is 20.5. The number of amides is 1. The van der Waals surface area contributed by atoms with Gasteiger partial charge in [-0.15, -0.1) is 0 Å². The average molecular weight is 263 g/mol. The van der Waals surface area contributed by atoms with E-state index in [4.69, 9.17) is 4.74 Å². The number of carbonyl (C=O) groups excluding carboxylic acids is 1. The maximum atomic E-state index is 12.3. The minimum absolute atomic E-state index is 0.000101. The van der Waals surface area contributed by atoms with Crippen molar-refractivity contribution < 1.29 is 9.53 Å². The van der Waals surface area contributed by atoms with Gasteiger partial charge in [-0.25, -0.2) is 0 Å². The molecule has 1 saturated heterocycles. The molecule has 1 aromatic heterocycles. The molecule has 2 heterocycles. The maximum Gasteiger partial charge on any atom is 0.272 e. The molecule has 2 rings (SSSR count). The summed E-state index contributed by atoms with van der Waals surface area (Å²) in [5.74, 6) is 0.000101. The zero-order chi connectivity index (χ0) is 13.7. The lowest BCUT2D eigenvalue weighted by Crippen LogP contribution is -2.36. The van der Waals surface area contributed by atoms with Crippen LogP contribution < -0.4 is 4.90 Å². The first kappa shape index (κ1) is 13.8. The van der Waals surface area contributed by atoms with Crippen LogP contribution in [0.5, 0.6) is 0 Å². The highest BCUT2D eigenvalue weighted by Crippen LogP contribution is 2.16. The molecule has 1 aromatic rings. The molecule has 104 valence electrons. The lowest BCUT2D eigenvalue weighted by Gasteiger charge is -2.29. The standard InChI is InChI=1S/C14H21N3O2/c1-3-16(4-2)14(18)13-11-12(5-6-15-13)17-7-9-19-10-8-17/h5-6,11H,3-4,7-10H2,1-2H3. The summed E-state index contributed by atoms with van der Waals surface area (Å²) in [6.45, 7) is 8.58. The number of pyridine rings is 1. The van der Waals surface area contributed by atoms with Crippen molar-refractivity contribution >= 4 is 11.6 Å². The molecule has 0 saturated carbocycles. The van der Waals surface area contributed by atoms with Gasteiger partial charge in [0, 0.05) is 38.1 Å². The Balaban J connectivity index is 2.16. The SMILES string of the molecule is CCN(CC)C(=O)c1cc(N2CCOCC2)ccn1. The second kappa shape index (κ2) is 6.52. The molecule has 5 nitrogen and oxygen atoms in total. The van der Waals surface area contributed by atoms with Crippen LogP contribution in [0.15, 0.2) is 18.3 Å². The molecule has 19 heavy (non-hydrogen) atoms. The fourth-order valence-corrected chi connectivity index (χ4v) is 2.23. The van der Waals surface area contributed by atoms with Crippen molar-refractivity contribution in [2.45, 2.75) is 13.8 Å². The molecule has 1 aliphatic heterocycles. The topological polar surface area (TPSA) is 45.7 Å². The third-order valence-electron chi connectivity index (χ3n) is 3.39. The fourth-order valence-electron chi connectivity index (χ4n) is 2.23. The summed E-state index contributed by atoms with van der Waals surface area (Å²) >= 11 is 0. The number of hydrogen-bond acceptors (Lipinski definition) is 4. The van der Waals surface area contributed by atoms with Crippen molar-refractivity contribution in [2.24, 2.45) is 0 Å². The van der Waals surface area contributed by atoms with E-state index in [0.717, 1.165) is 32.0 Å². The predicted octanol–water partition coefficient (Wildman–Crippen LogP) is 1.40. The Kier molecular flexibility index (Phi) is 4.74. The smallest absolute Gasteiger partial charge is 0.272 e. The maximum absolute atomic E-state index is 12.3. The Morgan fingerprint density at radius 1 is 1.37 bits per heavy atom. The molecule has 0 aromatic carbocycles. The van der Waals surface area contributed by atoms with Crippen molar-refractivity contribution in [1.29, 1.82) is 0 Å². The zero-order valence-corrected chi connectivity index (χ0v) is 11.6. The number of anilines is 1. The van der Waals surface area contributed by atoms with E-state index in [1.807, 2.05) is 26.0 Å². The van der Waals surface area contributed by atoms with Crippen molar-refractivity contribution in [3.63, 3.8) is 0 Å². The van der Waals surface area contributed by atoms with Crippen LogP contribution in [0.4, 0.5) is 5.69 Å². The van der Waals surface area contributed by atoms with Gasteiger partial charge in [-0.05, 0) is 26.0 Å². The largest absolute Gasteiger partial charge is 0.378 e. The van der Waals surface area contributed by atoms with E-state index >= 15 is 0 Å². The molecular formula is C14H21N3O2. The molecule has 5 heteroatoms. The first-order chi connectivity index (χ1) is 9.26. The molecule has 1 amide bonds. The summed E-state index contributed by atoms with van der Waals surface area (Å²) in [7, 11) is 0. The summed E-state index contributed by atoms with van der Waals surface area (Å²) in [5.41, 5.74) is 1.57. The Morgan fingerprint density at radius 3 is 2.68 bits per heavy atom. The van der Waals surface area contributed by atoms with Crippen LogP contribution in [0.25, 0.3) is 0 Å². The molecule has 0 unspecified atom stereocenters. The van der Waals surface area contributed by atoms with E-state index in [9.17, 15) is 4.79 Å². The molecule has 0 N–H and O–H groups in total. The molecule has 1 fully saturated rings. The first-order valence-corrected chi connectivity index (χ1v) is 6.84. The average Bonchev–Trinajstić information content (AvgIpc) is 2.49. The van der Waals surface area contributed by atoms with Gasteiger partial charge >= 0.3 is 0 Å². The van der Waals surface area contributed by atoms with Crippen LogP contribution in [0, 0.1) is 0 Å². The van der Waals surface area contributed by atoms with Gasteiger partial charge in [-0.2, -0.15) is 0 Å². The highest BCUT2D eigenvalue weighted by Gasteiger charge is 2.17. The lowest BCUT2D eigenvalue weighted by atomic mass is 10.2. The second-order valence-corrected chi connectivity index (χ2v) is 4.48. The number of carbonyl (C=O) groups is 1. The van der Waals surface area contributed by atoms with Gasteiger partial charge in [-0.3, -0.25) is 9.78 Å². The highest BCUT2D eigenvalue weighted by molar-refractivity contribution is 5.93. The van der Waals surface area contributed by atoms with E-state index < -0.39 is 0 Å². The van der Waals surface area contributed by atoms with Gasteiger partial charge in [0.1, 0.15) is 5.69 Å². The van der Waals surface area contributed by atoms with Crippen LogP contribution in [0.2, 0.25) is 0 Å². The minimum atomic E-state index is 0.000101. The van der Waals surface area contributed by atoms with Gasteiger partial charge in [0.05, 0.1) is 13.2 Å². The van der Waals surface area contributed by atoms with E-state index in [1.165, 1.54) is 0 Å². The summed E-state index contributed by atoms with van der Waals surface area (Å²) in [6, 6.07) is 3.83. The predicted molar refractivity (Wildman–Crippen MR) is 74.5 cm³/mol.